The second-order valence-electron chi connectivity index (χ2n) is 4.72. The van der Waals surface area contributed by atoms with Crippen LogP contribution in [0.15, 0.2) is 23.3 Å². The second-order valence-corrected chi connectivity index (χ2v) is 4.72. The summed E-state index contributed by atoms with van der Waals surface area (Å²) < 4.78 is 0. The first kappa shape index (κ1) is 10.5. The van der Waals surface area contributed by atoms with Crippen molar-refractivity contribution in [3.63, 3.8) is 0 Å². The molecule has 1 unspecified atom stereocenters. The molecule has 80 valence electrons. The molecule has 0 radical (unpaired) electrons. The maximum Gasteiger partial charge on any atom is 0.0991 e. The van der Waals surface area contributed by atoms with Crippen LogP contribution in [0.2, 0.25) is 0 Å². The summed E-state index contributed by atoms with van der Waals surface area (Å²) in [6.07, 6.45) is 0.807. The van der Waals surface area contributed by atoms with Crippen molar-refractivity contribution >= 4 is 0 Å². The van der Waals surface area contributed by atoms with Gasteiger partial charge in [0.25, 0.3) is 0 Å². The van der Waals surface area contributed by atoms with Crippen molar-refractivity contribution in [2.75, 3.05) is 0 Å². The molecule has 0 bridgehead atoms. The smallest absolute Gasteiger partial charge is 0.0991 e. The molecule has 1 aromatic carbocycles. The molecule has 0 N–H and O–H groups in total. The summed E-state index contributed by atoms with van der Waals surface area (Å²) in [6.45, 7) is 4.26. The van der Waals surface area contributed by atoms with Crippen molar-refractivity contribution < 1.29 is 0 Å². The van der Waals surface area contributed by atoms with Crippen molar-refractivity contribution in [3.8, 4) is 6.07 Å². The van der Waals surface area contributed by atoms with Crippen molar-refractivity contribution in [2.45, 2.75) is 31.7 Å². The lowest BCUT2D eigenvalue weighted by Gasteiger charge is -2.18. The third kappa shape index (κ3) is 1.52. The summed E-state index contributed by atoms with van der Waals surface area (Å²) in [5.74, 6) is 0. The molecule has 0 amide bonds. The molecule has 0 saturated carbocycles. The minimum absolute atomic E-state index is 0.0160. The van der Waals surface area contributed by atoms with E-state index in [-0.39, 0.29) is 11.5 Å². The number of nitrogens with zero attached hydrogens (tertiary/aromatic N) is 4. The van der Waals surface area contributed by atoms with Crippen LogP contribution in [0.25, 0.3) is 10.4 Å². The van der Waals surface area contributed by atoms with E-state index in [1.165, 1.54) is 5.56 Å². The van der Waals surface area contributed by atoms with E-state index in [4.69, 9.17) is 10.8 Å². The van der Waals surface area contributed by atoms with Gasteiger partial charge in [-0.25, -0.2) is 0 Å². The van der Waals surface area contributed by atoms with E-state index in [1.54, 1.807) is 0 Å². The van der Waals surface area contributed by atoms with Crippen LogP contribution in [0.5, 0.6) is 0 Å². The number of rotatable bonds is 1. The van der Waals surface area contributed by atoms with Crippen molar-refractivity contribution in [2.24, 2.45) is 5.11 Å². The Balaban J connectivity index is 2.60. The zero-order valence-electron chi connectivity index (χ0n) is 9.31. The van der Waals surface area contributed by atoms with Gasteiger partial charge in [0, 0.05) is 4.91 Å². The fourth-order valence-corrected chi connectivity index (χ4v) is 2.39. The van der Waals surface area contributed by atoms with Gasteiger partial charge >= 0.3 is 0 Å². The normalized spacial score (nSPS) is 20.7. The molecule has 0 saturated heterocycles. The predicted molar refractivity (Wildman–Crippen MR) is 60.7 cm³/mol. The number of azide groups is 1. The van der Waals surface area contributed by atoms with Crippen molar-refractivity contribution in [1.82, 2.24) is 0 Å². The first-order chi connectivity index (χ1) is 7.58. The highest BCUT2D eigenvalue weighted by molar-refractivity contribution is 5.46. The molecule has 0 aromatic heterocycles. The number of hydrogen-bond acceptors (Lipinski definition) is 2. The van der Waals surface area contributed by atoms with Gasteiger partial charge < -0.3 is 0 Å². The zero-order chi connectivity index (χ0) is 11.8. The van der Waals surface area contributed by atoms with Crippen molar-refractivity contribution in [3.05, 3.63) is 45.3 Å². The van der Waals surface area contributed by atoms with Crippen LogP contribution in [0, 0.1) is 11.3 Å². The second kappa shape index (κ2) is 3.55. The van der Waals surface area contributed by atoms with Gasteiger partial charge in [-0.1, -0.05) is 25.0 Å². The van der Waals surface area contributed by atoms with Crippen LogP contribution in [-0.2, 0) is 5.41 Å². The number of nitriles is 1. The van der Waals surface area contributed by atoms with E-state index >= 15 is 0 Å². The van der Waals surface area contributed by atoms with Gasteiger partial charge in [0.05, 0.1) is 17.7 Å². The monoisotopic (exact) mass is 212 g/mol. The molecule has 4 heteroatoms. The predicted octanol–water partition coefficient (Wildman–Crippen LogP) is 3.59. The average molecular weight is 212 g/mol. The summed E-state index contributed by atoms with van der Waals surface area (Å²) in [5, 5.41) is 12.7. The van der Waals surface area contributed by atoms with E-state index in [1.807, 2.05) is 18.2 Å². The number of fused-ring (bicyclic) bond motifs is 1. The van der Waals surface area contributed by atoms with Crippen LogP contribution in [0.3, 0.4) is 0 Å². The van der Waals surface area contributed by atoms with Crippen LogP contribution in [0.4, 0.5) is 0 Å². The Morgan fingerprint density at radius 2 is 2.31 bits per heavy atom. The third-order valence-corrected chi connectivity index (χ3v) is 3.16. The van der Waals surface area contributed by atoms with E-state index < -0.39 is 0 Å². The van der Waals surface area contributed by atoms with Gasteiger partial charge in [0.15, 0.2) is 0 Å². The fraction of sp³-hybridized carbons (Fsp3) is 0.417. The van der Waals surface area contributed by atoms with Crippen LogP contribution in [-0.4, -0.2) is 0 Å². The Morgan fingerprint density at radius 1 is 1.56 bits per heavy atom. The van der Waals surface area contributed by atoms with Crippen molar-refractivity contribution in [1.29, 1.82) is 5.26 Å². The van der Waals surface area contributed by atoms with Gasteiger partial charge in [-0.15, -0.1) is 0 Å². The summed E-state index contributed by atoms with van der Waals surface area (Å²) in [4.78, 5) is 2.88. The third-order valence-electron chi connectivity index (χ3n) is 3.16. The Kier molecular flexibility index (Phi) is 2.34. The fourth-order valence-electron chi connectivity index (χ4n) is 2.39. The lowest BCUT2D eigenvalue weighted by atomic mass is 9.86. The Bertz CT molecular complexity index is 518. The largest absolute Gasteiger partial charge is 0.192 e. The SMILES string of the molecule is CC1(C)CC(N=[N+]=[N-])c2cc(C#N)ccc21. The Labute approximate surface area is 94.1 Å². The van der Waals surface area contributed by atoms with Gasteiger partial charge in [-0.2, -0.15) is 5.26 Å². The number of benzene rings is 1. The first-order valence-corrected chi connectivity index (χ1v) is 5.17. The minimum Gasteiger partial charge on any atom is -0.192 e. The minimum atomic E-state index is -0.136. The molecule has 0 fully saturated rings. The highest BCUT2D eigenvalue weighted by atomic mass is 15.1. The first-order valence-electron chi connectivity index (χ1n) is 5.17. The molecule has 2 rings (SSSR count). The molecule has 0 spiro atoms. The van der Waals surface area contributed by atoms with Crippen LogP contribution >= 0.6 is 0 Å². The lowest BCUT2D eigenvalue weighted by molar-refractivity contribution is 0.480. The summed E-state index contributed by atoms with van der Waals surface area (Å²) >= 11 is 0. The highest BCUT2D eigenvalue weighted by Crippen LogP contribution is 2.46. The lowest BCUT2D eigenvalue weighted by Crippen LogP contribution is -2.11. The molecule has 1 atom stereocenters. The summed E-state index contributed by atoms with van der Waals surface area (Å²) in [5.41, 5.74) is 11.4. The molecular formula is C12H12N4. The van der Waals surface area contributed by atoms with Gasteiger partial charge in [-0.05, 0) is 40.6 Å². The molecule has 0 aliphatic heterocycles. The van der Waals surface area contributed by atoms with E-state index in [9.17, 15) is 0 Å². The van der Waals surface area contributed by atoms with Crippen LogP contribution in [0.1, 0.15) is 43.0 Å². The molecule has 0 heterocycles. The molecule has 1 aliphatic rings. The molecule has 1 aromatic rings. The van der Waals surface area contributed by atoms with E-state index in [0.29, 0.717) is 5.56 Å². The van der Waals surface area contributed by atoms with E-state index in [0.717, 1.165) is 12.0 Å². The standard InChI is InChI=1S/C12H12N4/c1-12(2)6-11(15-16-14)9-5-8(7-13)3-4-10(9)12/h3-5,11H,6H2,1-2H3. The zero-order valence-corrected chi connectivity index (χ0v) is 9.31. The average Bonchev–Trinajstić information content (AvgIpc) is 2.51. The maximum absolute atomic E-state index is 8.86. The molecule has 1 aliphatic carbocycles. The van der Waals surface area contributed by atoms with Crippen LogP contribution < -0.4 is 0 Å². The van der Waals surface area contributed by atoms with Gasteiger partial charge in [0.2, 0.25) is 0 Å². The van der Waals surface area contributed by atoms with Gasteiger partial charge in [0.1, 0.15) is 0 Å². The molecule has 16 heavy (non-hydrogen) atoms. The highest BCUT2D eigenvalue weighted by Gasteiger charge is 2.36. The number of hydrogen-bond donors (Lipinski definition) is 0. The summed E-state index contributed by atoms with van der Waals surface area (Å²) in [7, 11) is 0. The summed E-state index contributed by atoms with van der Waals surface area (Å²) in [6, 6.07) is 7.60. The van der Waals surface area contributed by atoms with Gasteiger partial charge in [-0.3, -0.25) is 0 Å². The maximum atomic E-state index is 8.86. The molecular weight excluding hydrogens is 200 g/mol. The quantitative estimate of drug-likeness (QED) is 0.398. The van der Waals surface area contributed by atoms with E-state index in [2.05, 4.69) is 29.9 Å². The Morgan fingerprint density at radius 3 is 2.94 bits per heavy atom. The molecule has 4 nitrogen and oxygen atoms in total. The Hall–Kier alpha value is -1.98. The topological polar surface area (TPSA) is 72.6 Å².